The van der Waals surface area contributed by atoms with Crippen molar-refractivity contribution in [3.63, 3.8) is 0 Å². The molecule has 0 saturated heterocycles. The van der Waals surface area contributed by atoms with Crippen LogP contribution in [0.1, 0.15) is 16.7 Å². The first-order chi connectivity index (χ1) is 14.8. The number of fused-ring (bicyclic) bond motifs is 1. The third kappa shape index (κ3) is 4.58. The monoisotopic (exact) mass is 425 g/mol. The zero-order chi connectivity index (χ0) is 22.0. The molecule has 5 nitrogen and oxygen atoms in total. The van der Waals surface area contributed by atoms with Crippen LogP contribution in [-0.2, 0) is 17.4 Å². The number of nitrogens with zero attached hydrogens (tertiary/aromatic N) is 3. The van der Waals surface area contributed by atoms with Crippen LogP contribution in [0.15, 0.2) is 67.1 Å². The SMILES string of the molecule is Cc1ccc(CC(=O)COc2ccc(-c3cnc4ccccn34)cn2)cc1C(F)(F)F. The molecule has 0 saturated carbocycles. The first kappa shape index (κ1) is 20.6. The number of ether oxygens (including phenoxy) is 1. The van der Waals surface area contributed by atoms with Gasteiger partial charge in [0.05, 0.1) is 17.5 Å². The van der Waals surface area contributed by atoms with Crippen molar-refractivity contribution in [2.75, 3.05) is 6.61 Å². The minimum absolute atomic E-state index is 0.121. The van der Waals surface area contributed by atoms with Crippen molar-refractivity contribution in [3.8, 4) is 17.1 Å². The molecule has 3 aromatic heterocycles. The Kier molecular flexibility index (Phi) is 5.46. The van der Waals surface area contributed by atoms with Gasteiger partial charge in [-0.25, -0.2) is 9.97 Å². The van der Waals surface area contributed by atoms with Crippen LogP contribution in [0, 0.1) is 6.92 Å². The number of hydrogen-bond donors (Lipinski definition) is 0. The molecule has 0 bridgehead atoms. The molecule has 4 aromatic rings. The van der Waals surface area contributed by atoms with Crippen LogP contribution in [0.25, 0.3) is 16.9 Å². The van der Waals surface area contributed by atoms with E-state index in [2.05, 4.69) is 9.97 Å². The summed E-state index contributed by atoms with van der Waals surface area (Å²) in [7, 11) is 0. The van der Waals surface area contributed by atoms with Gasteiger partial charge in [0, 0.05) is 30.4 Å². The van der Waals surface area contributed by atoms with E-state index in [0.29, 0.717) is 5.56 Å². The van der Waals surface area contributed by atoms with Crippen LogP contribution in [0.2, 0.25) is 0 Å². The molecule has 8 heteroatoms. The number of aryl methyl sites for hydroxylation is 1. The summed E-state index contributed by atoms with van der Waals surface area (Å²) >= 11 is 0. The Labute approximate surface area is 176 Å². The van der Waals surface area contributed by atoms with E-state index in [1.807, 2.05) is 28.8 Å². The molecule has 0 fully saturated rings. The minimum Gasteiger partial charge on any atom is -0.470 e. The second-order valence-electron chi connectivity index (χ2n) is 7.11. The summed E-state index contributed by atoms with van der Waals surface area (Å²) in [5, 5.41) is 0. The lowest BCUT2D eigenvalue weighted by molar-refractivity contribution is -0.138. The first-order valence-corrected chi connectivity index (χ1v) is 9.51. The Morgan fingerprint density at radius 2 is 1.90 bits per heavy atom. The maximum atomic E-state index is 13.0. The number of hydrogen-bond acceptors (Lipinski definition) is 4. The van der Waals surface area contributed by atoms with Gasteiger partial charge in [-0.15, -0.1) is 0 Å². The van der Waals surface area contributed by atoms with E-state index < -0.39 is 11.7 Å². The molecule has 0 amide bonds. The summed E-state index contributed by atoms with van der Waals surface area (Å²) in [5.41, 5.74) is 2.19. The third-order valence-electron chi connectivity index (χ3n) is 4.84. The average molecular weight is 425 g/mol. The summed E-state index contributed by atoms with van der Waals surface area (Å²) < 4.78 is 46.4. The number of imidazole rings is 1. The van der Waals surface area contributed by atoms with Gasteiger partial charge in [0.1, 0.15) is 12.3 Å². The van der Waals surface area contributed by atoms with Crippen molar-refractivity contribution in [2.24, 2.45) is 0 Å². The number of benzene rings is 1. The number of alkyl halides is 3. The molecule has 0 aliphatic carbocycles. The molecule has 0 spiro atoms. The summed E-state index contributed by atoms with van der Waals surface area (Å²) in [4.78, 5) is 20.7. The quantitative estimate of drug-likeness (QED) is 0.440. The normalized spacial score (nSPS) is 11.6. The Morgan fingerprint density at radius 3 is 2.65 bits per heavy atom. The summed E-state index contributed by atoms with van der Waals surface area (Å²) in [6.45, 7) is 1.11. The zero-order valence-corrected chi connectivity index (χ0v) is 16.6. The smallest absolute Gasteiger partial charge is 0.416 e. The van der Waals surface area contributed by atoms with Crippen molar-refractivity contribution >= 4 is 11.4 Å². The van der Waals surface area contributed by atoms with Crippen LogP contribution in [0.4, 0.5) is 13.2 Å². The lowest BCUT2D eigenvalue weighted by Gasteiger charge is -2.12. The van der Waals surface area contributed by atoms with Gasteiger partial charge in [0.15, 0.2) is 5.78 Å². The molecule has 0 unspecified atom stereocenters. The second kappa shape index (κ2) is 8.22. The lowest BCUT2D eigenvalue weighted by Crippen LogP contribution is -2.15. The molecule has 0 N–H and O–H groups in total. The van der Waals surface area contributed by atoms with Crippen LogP contribution < -0.4 is 4.74 Å². The second-order valence-corrected chi connectivity index (χ2v) is 7.11. The van der Waals surface area contributed by atoms with E-state index in [9.17, 15) is 18.0 Å². The highest BCUT2D eigenvalue weighted by molar-refractivity contribution is 5.82. The van der Waals surface area contributed by atoms with Crippen molar-refractivity contribution in [2.45, 2.75) is 19.5 Å². The van der Waals surface area contributed by atoms with E-state index >= 15 is 0 Å². The van der Waals surface area contributed by atoms with E-state index in [4.69, 9.17) is 4.74 Å². The summed E-state index contributed by atoms with van der Waals surface area (Å²) in [5.74, 6) is -0.0876. The molecule has 0 atom stereocenters. The lowest BCUT2D eigenvalue weighted by atomic mass is 10.0. The molecule has 31 heavy (non-hydrogen) atoms. The number of carbonyl (C=O) groups excluding carboxylic acids is 1. The molecule has 0 radical (unpaired) electrons. The number of aromatic nitrogens is 3. The fourth-order valence-electron chi connectivity index (χ4n) is 3.28. The maximum Gasteiger partial charge on any atom is 0.416 e. The summed E-state index contributed by atoms with van der Waals surface area (Å²) in [6.07, 6.45) is 0.657. The minimum atomic E-state index is -4.45. The third-order valence-corrected chi connectivity index (χ3v) is 4.84. The highest BCUT2D eigenvalue weighted by atomic mass is 19.4. The van der Waals surface area contributed by atoms with Crippen molar-refractivity contribution < 1.29 is 22.7 Å². The van der Waals surface area contributed by atoms with Crippen LogP contribution in [0.5, 0.6) is 5.88 Å². The van der Waals surface area contributed by atoms with Crippen LogP contribution in [-0.4, -0.2) is 26.8 Å². The van der Waals surface area contributed by atoms with E-state index in [-0.39, 0.29) is 30.3 Å². The molecule has 3 heterocycles. The standard InChI is InChI=1S/C23H18F3N3O2/c1-15-5-6-16(11-19(15)23(24,25)26)10-18(30)14-31-22-8-7-17(12-28-22)20-13-27-21-4-2-3-9-29(20)21/h2-9,11-13H,10,14H2,1H3. The fraction of sp³-hybridized carbons (Fsp3) is 0.174. The van der Waals surface area contributed by atoms with Gasteiger partial charge < -0.3 is 4.74 Å². The summed E-state index contributed by atoms with van der Waals surface area (Å²) in [6, 6.07) is 13.0. The number of carbonyl (C=O) groups is 1. The number of ketones is 1. The van der Waals surface area contributed by atoms with E-state index in [1.165, 1.54) is 19.1 Å². The number of halogens is 3. The van der Waals surface area contributed by atoms with E-state index in [1.54, 1.807) is 24.5 Å². The molecular weight excluding hydrogens is 407 g/mol. The van der Waals surface area contributed by atoms with Gasteiger partial charge in [0.25, 0.3) is 0 Å². The van der Waals surface area contributed by atoms with E-state index in [0.717, 1.165) is 23.0 Å². The van der Waals surface area contributed by atoms with Gasteiger partial charge in [-0.1, -0.05) is 18.2 Å². The van der Waals surface area contributed by atoms with Gasteiger partial charge in [-0.2, -0.15) is 13.2 Å². The van der Waals surface area contributed by atoms with Crippen LogP contribution >= 0.6 is 0 Å². The maximum absolute atomic E-state index is 13.0. The molecule has 0 aliphatic heterocycles. The Morgan fingerprint density at radius 1 is 1.06 bits per heavy atom. The number of Topliss-reactive ketones (excluding diaryl/α,β-unsaturated/α-hetero) is 1. The molecule has 4 rings (SSSR count). The fourth-order valence-corrected chi connectivity index (χ4v) is 3.28. The zero-order valence-electron chi connectivity index (χ0n) is 16.6. The topological polar surface area (TPSA) is 56.5 Å². The average Bonchev–Trinajstić information content (AvgIpc) is 3.17. The molecular formula is C23H18F3N3O2. The predicted octanol–water partition coefficient (Wildman–Crippen LogP) is 4.91. The van der Waals surface area contributed by atoms with Crippen molar-refractivity contribution in [1.82, 2.24) is 14.4 Å². The van der Waals surface area contributed by atoms with Gasteiger partial charge >= 0.3 is 6.18 Å². The van der Waals surface area contributed by atoms with Crippen molar-refractivity contribution in [3.05, 3.63) is 83.8 Å². The Hall–Kier alpha value is -3.68. The van der Waals surface area contributed by atoms with Gasteiger partial charge in [-0.05, 0) is 42.3 Å². The first-order valence-electron chi connectivity index (χ1n) is 9.51. The molecule has 0 aliphatic rings. The molecule has 158 valence electrons. The molecule has 1 aromatic carbocycles. The predicted molar refractivity (Wildman–Crippen MR) is 109 cm³/mol. The van der Waals surface area contributed by atoms with Crippen molar-refractivity contribution in [1.29, 1.82) is 0 Å². The van der Waals surface area contributed by atoms with Crippen LogP contribution in [0.3, 0.4) is 0 Å². The number of pyridine rings is 2. The Balaban J connectivity index is 1.39. The largest absolute Gasteiger partial charge is 0.470 e. The highest BCUT2D eigenvalue weighted by Gasteiger charge is 2.32. The van der Waals surface area contributed by atoms with Gasteiger partial charge in [-0.3, -0.25) is 9.20 Å². The Bertz CT molecular complexity index is 1230. The highest BCUT2D eigenvalue weighted by Crippen LogP contribution is 2.32. The van der Waals surface area contributed by atoms with Gasteiger partial charge in [0.2, 0.25) is 5.88 Å². The number of rotatable bonds is 6.